The van der Waals surface area contributed by atoms with Crippen LogP contribution in [0.2, 0.25) is 0 Å². The van der Waals surface area contributed by atoms with Gasteiger partial charge in [-0.1, -0.05) is 0 Å². The van der Waals surface area contributed by atoms with Gasteiger partial charge in [0.05, 0.1) is 23.5 Å². The lowest BCUT2D eigenvalue weighted by molar-refractivity contribution is -0.0833. The Kier molecular flexibility index (Phi) is 4.13. The van der Waals surface area contributed by atoms with E-state index in [-0.39, 0.29) is 11.9 Å². The van der Waals surface area contributed by atoms with E-state index in [0.29, 0.717) is 17.6 Å². The summed E-state index contributed by atoms with van der Waals surface area (Å²) in [6.45, 7) is 8.45. The van der Waals surface area contributed by atoms with E-state index < -0.39 is 0 Å². The maximum atomic E-state index is 10.4. The fourth-order valence-corrected chi connectivity index (χ4v) is 2.78. The number of nitrogens with one attached hydrogen (secondary N) is 1. The zero-order valence-electron chi connectivity index (χ0n) is 13.2. The quantitative estimate of drug-likeness (QED) is 0.884. The number of aromatic nitrogens is 3. The van der Waals surface area contributed by atoms with Crippen molar-refractivity contribution in [2.45, 2.75) is 39.5 Å². The van der Waals surface area contributed by atoms with Crippen molar-refractivity contribution in [1.29, 1.82) is 0 Å². The molecule has 1 aliphatic rings. The zero-order chi connectivity index (χ0) is 15.7. The van der Waals surface area contributed by atoms with Crippen molar-refractivity contribution < 1.29 is 9.84 Å². The normalized spacial score (nSPS) is 16.2. The average molecular weight is 302 g/mol. The summed E-state index contributed by atoms with van der Waals surface area (Å²) in [6.07, 6.45) is 5.83. The van der Waals surface area contributed by atoms with Crippen LogP contribution in [0.15, 0.2) is 18.6 Å². The standard InChI is InChI=1S/C16H22N4O2/c1-10(2)22-13-8-20(9-13)7-12-6-19-11(3)15(21)14(12)16-17-4-5-18-16/h4-6,10,13,21H,7-9H2,1-3H3,(H,17,18). The topological polar surface area (TPSA) is 74.3 Å². The Morgan fingerprint density at radius 1 is 1.41 bits per heavy atom. The van der Waals surface area contributed by atoms with Crippen LogP contribution in [0.4, 0.5) is 0 Å². The first-order valence-electron chi connectivity index (χ1n) is 7.59. The molecule has 2 N–H and O–H groups in total. The molecule has 2 aromatic heterocycles. The SMILES string of the molecule is Cc1ncc(CN2CC(OC(C)C)C2)c(-c2ncc[nH]2)c1O. The van der Waals surface area contributed by atoms with Gasteiger partial charge in [0.25, 0.3) is 0 Å². The first-order valence-corrected chi connectivity index (χ1v) is 7.59. The molecule has 0 spiro atoms. The second-order valence-corrected chi connectivity index (χ2v) is 6.03. The van der Waals surface area contributed by atoms with Crippen LogP contribution < -0.4 is 0 Å². The summed E-state index contributed by atoms with van der Waals surface area (Å²) in [5.41, 5.74) is 2.33. The molecule has 1 saturated heterocycles. The number of aromatic amines is 1. The van der Waals surface area contributed by atoms with Crippen molar-refractivity contribution in [3.63, 3.8) is 0 Å². The van der Waals surface area contributed by atoms with Crippen molar-refractivity contribution in [1.82, 2.24) is 19.9 Å². The molecule has 6 heteroatoms. The van der Waals surface area contributed by atoms with Crippen LogP contribution >= 0.6 is 0 Å². The Morgan fingerprint density at radius 3 is 2.82 bits per heavy atom. The largest absolute Gasteiger partial charge is 0.505 e. The molecule has 1 fully saturated rings. The number of imidazole rings is 1. The molecule has 0 amide bonds. The van der Waals surface area contributed by atoms with Crippen LogP contribution in [0, 0.1) is 6.92 Å². The number of aromatic hydroxyl groups is 1. The number of likely N-dealkylation sites (tertiary alicyclic amines) is 1. The molecule has 0 atom stereocenters. The summed E-state index contributed by atoms with van der Waals surface area (Å²) in [7, 11) is 0. The van der Waals surface area contributed by atoms with Crippen molar-refractivity contribution in [3.05, 3.63) is 29.8 Å². The predicted octanol–water partition coefficient (Wildman–Crippen LogP) is 2.09. The number of ether oxygens (including phenoxy) is 1. The molecule has 0 unspecified atom stereocenters. The number of aryl methyl sites for hydroxylation is 1. The van der Waals surface area contributed by atoms with Crippen molar-refractivity contribution in [3.8, 4) is 17.1 Å². The minimum atomic E-state index is 0.197. The minimum Gasteiger partial charge on any atom is -0.505 e. The van der Waals surface area contributed by atoms with Crippen molar-refractivity contribution in [2.24, 2.45) is 0 Å². The van der Waals surface area contributed by atoms with Crippen LogP contribution in [0.1, 0.15) is 25.1 Å². The van der Waals surface area contributed by atoms with Gasteiger partial charge in [-0.05, 0) is 26.3 Å². The first-order chi connectivity index (χ1) is 10.5. The molecule has 6 nitrogen and oxygen atoms in total. The highest BCUT2D eigenvalue weighted by atomic mass is 16.5. The second kappa shape index (κ2) is 6.06. The van der Waals surface area contributed by atoms with Crippen molar-refractivity contribution in [2.75, 3.05) is 13.1 Å². The smallest absolute Gasteiger partial charge is 0.148 e. The van der Waals surface area contributed by atoms with E-state index in [2.05, 4.69) is 33.7 Å². The monoisotopic (exact) mass is 302 g/mol. The minimum absolute atomic E-state index is 0.197. The van der Waals surface area contributed by atoms with Gasteiger partial charge >= 0.3 is 0 Å². The van der Waals surface area contributed by atoms with E-state index in [1.54, 1.807) is 19.3 Å². The van der Waals surface area contributed by atoms with Gasteiger partial charge in [0.15, 0.2) is 0 Å². The highest BCUT2D eigenvalue weighted by molar-refractivity contribution is 5.68. The maximum Gasteiger partial charge on any atom is 0.148 e. The third kappa shape index (κ3) is 2.98. The molecule has 2 aromatic rings. The summed E-state index contributed by atoms with van der Waals surface area (Å²) in [6, 6.07) is 0. The molecule has 1 aliphatic heterocycles. The number of hydrogen-bond donors (Lipinski definition) is 2. The van der Waals surface area contributed by atoms with Gasteiger partial charge in [-0.2, -0.15) is 0 Å². The van der Waals surface area contributed by atoms with Crippen LogP contribution in [0.25, 0.3) is 11.4 Å². The Morgan fingerprint density at radius 2 is 2.18 bits per heavy atom. The first kappa shape index (κ1) is 15.0. The van der Waals surface area contributed by atoms with Crippen LogP contribution in [0.5, 0.6) is 5.75 Å². The Bertz CT molecular complexity index is 634. The molecular formula is C16H22N4O2. The fraction of sp³-hybridized carbons (Fsp3) is 0.500. The van der Waals surface area contributed by atoms with Crippen LogP contribution in [0.3, 0.4) is 0 Å². The van der Waals surface area contributed by atoms with Crippen LogP contribution in [-0.4, -0.2) is 50.3 Å². The molecule has 3 rings (SSSR count). The predicted molar refractivity (Wildman–Crippen MR) is 83.5 cm³/mol. The third-order valence-electron chi connectivity index (χ3n) is 3.83. The number of H-pyrrole nitrogens is 1. The molecule has 0 radical (unpaired) electrons. The Hall–Kier alpha value is -1.92. The van der Waals surface area contributed by atoms with Gasteiger partial charge in [0, 0.05) is 38.2 Å². The average Bonchev–Trinajstić information content (AvgIpc) is 2.93. The maximum absolute atomic E-state index is 10.4. The Balaban J connectivity index is 1.76. The highest BCUT2D eigenvalue weighted by Gasteiger charge is 2.29. The summed E-state index contributed by atoms with van der Waals surface area (Å²) < 4.78 is 5.77. The van der Waals surface area contributed by atoms with E-state index in [9.17, 15) is 5.11 Å². The number of hydrogen-bond acceptors (Lipinski definition) is 5. The lowest BCUT2D eigenvalue weighted by Crippen LogP contribution is -2.52. The van der Waals surface area contributed by atoms with Gasteiger partial charge in [0.2, 0.25) is 0 Å². The lowest BCUT2D eigenvalue weighted by Gasteiger charge is -2.40. The van der Waals surface area contributed by atoms with Gasteiger partial charge < -0.3 is 14.8 Å². The summed E-state index contributed by atoms with van der Waals surface area (Å²) in [5, 5.41) is 10.4. The number of rotatable bonds is 5. The Labute approximate surface area is 130 Å². The summed E-state index contributed by atoms with van der Waals surface area (Å²) >= 11 is 0. The van der Waals surface area contributed by atoms with Gasteiger partial charge in [-0.3, -0.25) is 9.88 Å². The van der Waals surface area contributed by atoms with Gasteiger partial charge in [0.1, 0.15) is 11.6 Å². The zero-order valence-corrected chi connectivity index (χ0v) is 13.2. The molecule has 0 aliphatic carbocycles. The van der Waals surface area contributed by atoms with E-state index in [0.717, 1.165) is 30.8 Å². The third-order valence-corrected chi connectivity index (χ3v) is 3.83. The van der Waals surface area contributed by atoms with E-state index in [4.69, 9.17) is 4.74 Å². The lowest BCUT2D eigenvalue weighted by atomic mass is 10.0. The highest BCUT2D eigenvalue weighted by Crippen LogP contribution is 2.33. The molecule has 22 heavy (non-hydrogen) atoms. The number of pyridine rings is 1. The molecule has 0 bridgehead atoms. The van der Waals surface area contributed by atoms with E-state index in [1.165, 1.54) is 0 Å². The molecule has 3 heterocycles. The van der Waals surface area contributed by atoms with Gasteiger partial charge in [-0.15, -0.1) is 0 Å². The summed E-state index contributed by atoms with van der Waals surface area (Å²) in [4.78, 5) is 13.9. The van der Waals surface area contributed by atoms with E-state index >= 15 is 0 Å². The fourth-order valence-electron chi connectivity index (χ4n) is 2.78. The molecule has 0 saturated carbocycles. The molecular weight excluding hydrogens is 280 g/mol. The molecule has 118 valence electrons. The van der Waals surface area contributed by atoms with E-state index in [1.807, 2.05) is 6.20 Å². The number of nitrogens with zero attached hydrogens (tertiary/aromatic N) is 3. The molecule has 0 aromatic carbocycles. The van der Waals surface area contributed by atoms with Gasteiger partial charge in [-0.25, -0.2) is 4.98 Å². The van der Waals surface area contributed by atoms with Crippen molar-refractivity contribution >= 4 is 0 Å². The van der Waals surface area contributed by atoms with Crippen LogP contribution in [-0.2, 0) is 11.3 Å². The summed E-state index contributed by atoms with van der Waals surface area (Å²) in [5.74, 6) is 0.872. The second-order valence-electron chi connectivity index (χ2n) is 6.03.